The second-order valence-corrected chi connectivity index (χ2v) is 6.02. The van der Waals surface area contributed by atoms with E-state index in [1.54, 1.807) is 12.1 Å². The molecular formula is C17H14ClF2N3O. The van der Waals surface area contributed by atoms with E-state index in [9.17, 15) is 13.6 Å². The van der Waals surface area contributed by atoms with Crippen LogP contribution in [0.2, 0.25) is 5.02 Å². The van der Waals surface area contributed by atoms with Gasteiger partial charge in [-0.25, -0.2) is 13.8 Å². The first kappa shape index (κ1) is 16.5. The summed E-state index contributed by atoms with van der Waals surface area (Å²) in [7, 11) is 1.81. The van der Waals surface area contributed by atoms with E-state index in [1.165, 1.54) is 22.7 Å². The average molecular weight is 350 g/mol. The Balaban J connectivity index is 1.80. The lowest BCUT2D eigenvalue weighted by Gasteiger charge is -2.16. The van der Waals surface area contributed by atoms with Gasteiger partial charge in [0.25, 0.3) is 5.56 Å². The molecule has 0 unspecified atom stereocenters. The molecule has 124 valence electrons. The average Bonchev–Trinajstić information content (AvgIpc) is 2.52. The minimum absolute atomic E-state index is 0.223. The second-order valence-electron chi connectivity index (χ2n) is 5.58. The van der Waals surface area contributed by atoms with E-state index in [0.717, 1.165) is 12.1 Å². The topological polar surface area (TPSA) is 37.6 Å². The van der Waals surface area contributed by atoms with Crippen LogP contribution >= 0.6 is 11.6 Å². The molecule has 0 bridgehead atoms. The highest BCUT2D eigenvalue weighted by Gasteiger charge is 2.08. The van der Waals surface area contributed by atoms with Gasteiger partial charge in [0, 0.05) is 25.4 Å². The summed E-state index contributed by atoms with van der Waals surface area (Å²) < 4.78 is 27.6. The highest BCUT2D eigenvalue weighted by molar-refractivity contribution is 6.30. The van der Waals surface area contributed by atoms with E-state index in [2.05, 4.69) is 4.98 Å². The number of nitrogens with zero attached hydrogens (tertiary/aromatic N) is 3. The molecule has 24 heavy (non-hydrogen) atoms. The molecule has 1 aromatic carbocycles. The first-order chi connectivity index (χ1) is 11.4. The molecule has 0 amide bonds. The van der Waals surface area contributed by atoms with E-state index < -0.39 is 11.6 Å². The zero-order chi connectivity index (χ0) is 17.3. The molecule has 4 nitrogen and oxygen atoms in total. The van der Waals surface area contributed by atoms with Gasteiger partial charge in [-0.1, -0.05) is 17.7 Å². The van der Waals surface area contributed by atoms with Crippen molar-refractivity contribution in [2.75, 3.05) is 7.05 Å². The van der Waals surface area contributed by atoms with Crippen LogP contribution in [0.5, 0.6) is 0 Å². The quantitative estimate of drug-likeness (QED) is 0.725. The third-order valence-corrected chi connectivity index (χ3v) is 3.77. The predicted octanol–water partition coefficient (Wildman–Crippen LogP) is 3.26. The van der Waals surface area contributed by atoms with Gasteiger partial charge < -0.3 is 0 Å². The largest absolute Gasteiger partial charge is 0.296 e. The molecule has 0 spiro atoms. The lowest BCUT2D eigenvalue weighted by Crippen LogP contribution is -2.22. The van der Waals surface area contributed by atoms with Crippen molar-refractivity contribution in [2.24, 2.45) is 0 Å². The SMILES string of the molecule is CN(Cc1ccc(F)c(F)c1)Cc1cc(=O)n2cc(Cl)ccc2n1. The molecule has 0 fully saturated rings. The van der Waals surface area contributed by atoms with E-state index in [1.807, 2.05) is 11.9 Å². The zero-order valence-corrected chi connectivity index (χ0v) is 13.6. The number of pyridine rings is 1. The first-order valence-electron chi connectivity index (χ1n) is 7.23. The van der Waals surface area contributed by atoms with Gasteiger partial charge in [-0.2, -0.15) is 0 Å². The maximum absolute atomic E-state index is 13.3. The van der Waals surface area contributed by atoms with Gasteiger partial charge in [0.2, 0.25) is 0 Å². The van der Waals surface area contributed by atoms with Crippen molar-refractivity contribution in [2.45, 2.75) is 13.1 Å². The Bertz CT molecular complexity index is 958. The van der Waals surface area contributed by atoms with Gasteiger partial charge in [-0.05, 0) is 36.9 Å². The van der Waals surface area contributed by atoms with Crippen molar-refractivity contribution in [3.8, 4) is 0 Å². The molecule has 3 rings (SSSR count). The summed E-state index contributed by atoms with van der Waals surface area (Å²) in [6.07, 6.45) is 1.51. The number of halogens is 3. The maximum atomic E-state index is 13.3. The summed E-state index contributed by atoms with van der Waals surface area (Å²) in [6.45, 7) is 0.798. The number of hydrogen-bond acceptors (Lipinski definition) is 3. The Morgan fingerprint density at radius 3 is 2.67 bits per heavy atom. The summed E-state index contributed by atoms with van der Waals surface area (Å²) in [6, 6.07) is 8.56. The minimum atomic E-state index is -0.875. The summed E-state index contributed by atoms with van der Waals surface area (Å²) in [5, 5.41) is 0.453. The Hall–Kier alpha value is -2.31. The Morgan fingerprint density at radius 1 is 1.12 bits per heavy atom. The van der Waals surface area contributed by atoms with E-state index >= 15 is 0 Å². The fourth-order valence-corrected chi connectivity index (χ4v) is 2.65. The van der Waals surface area contributed by atoms with Crippen molar-refractivity contribution in [1.82, 2.24) is 14.3 Å². The number of aromatic nitrogens is 2. The summed E-state index contributed by atoms with van der Waals surface area (Å²) >= 11 is 5.88. The van der Waals surface area contributed by atoms with Crippen LogP contribution in [0.15, 0.2) is 47.4 Å². The number of benzene rings is 1. The van der Waals surface area contributed by atoms with E-state index in [-0.39, 0.29) is 5.56 Å². The monoisotopic (exact) mass is 349 g/mol. The van der Waals surface area contributed by atoms with Gasteiger partial charge >= 0.3 is 0 Å². The molecule has 0 radical (unpaired) electrons. The van der Waals surface area contributed by atoms with Crippen molar-refractivity contribution >= 4 is 17.2 Å². The lowest BCUT2D eigenvalue weighted by atomic mass is 10.2. The van der Waals surface area contributed by atoms with Crippen molar-refractivity contribution in [3.63, 3.8) is 0 Å². The van der Waals surface area contributed by atoms with E-state index in [4.69, 9.17) is 11.6 Å². The second kappa shape index (κ2) is 6.67. The smallest absolute Gasteiger partial charge is 0.258 e. The third kappa shape index (κ3) is 3.60. The third-order valence-electron chi connectivity index (χ3n) is 3.54. The first-order valence-corrected chi connectivity index (χ1v) is 7.60. The Kier molecular flexibility index (Phi) is 4.59. The van der Waals surface area contributed by atoms with Crippen LogP contribution in [-0.4, -0.2) is 21.3 Å². The van der Waals surface area contributed by atoms with Crippen LogP contribution in [0.4, 0.5) is 8.78 Å². The Morgan fingerprint density at radius 2 is 1.92 bits per heavy atom. The summed E-state index contributed by atoms with van der Waals surface area (Å²) in [5.41, 5.74) is 1.51. The van der Waals surface area contributed by atoms with Crippen LogP contribution in [0.25, 0.3) is 5.65 Å². The van der Waals surface area contributed by atoms with Gasteiger partial charge in [0.15, 0.2) is 11.6 Å². The minimum Gasteiger partial charge on any atom is -0.296 e. The van der Waals surface area contributed by atoms with Crippen LogP contribution in [0.1, 0.15) is 11.3 Å². The molecule has 0 aliphatic rings. The lowest BCUT2D eigenvalue weighted by molar-refractivity contribution is 0.314. The van der Waals surface area contributed by atoms with Gasteiger partial charge in [0.05, 0.1) is 10.7 Å². The van der Waals surface area contributed by atoms with Crippen molar-refractivity contribution in [3.05, 3.63) is 80.9 Å². The number of fused-ring (bicyclic) bond motifs is 1. The molecule has 0 aliphatic heterocycles. The molecule has 7 heteroatoms. The normalized spacial score (nSPS) is 11.4. The fourth-order valence-electron chi connectivity index (χ4n) is 2.49. The van der Waals surface area contributed by atoms with Crippen molar-refractivity contribution < 1.29 is 8.78 Å². The highest BCUT2D eigenvalue weighted by Crippen LogP contribution is 2.12. The van der Waals surface area contributed by atoms with Crippen LogP contribution in [-0.2, 0) is 13.1 Å². The molecule has 0 saturated carbocycles. The van der Waals surface area contributed by atoms with E-state index in [0.29, 0.717) is 35.0 Å². The molecule has 3 aromatic rings. The van der Waals surface area contributed by atoms with Gasteiger partial charge in [0.1, 0.15) is 5.65 Å². The van der Waals surface area contributed by atoms with Crippen LogP contribution in [0, 0.1) is 11.6 Å². The zero-order valence-electron chi connectivity index (χ0n) is 12.8. The fraction of sp³-hybridized carbons (Fsp3) is 0.176. The highest BCUT2D eigenvalue weighted by atomic mass is 35.5. The number of rotatable bonds is 4. The molecule has 2 aromatic heterocycles. The standard InChI is InChI=1S/C17H14ClF2N3O/c1-22(8-11-2-4-14(19)15(20)6-11)10-13-7-17(24)23-9-12(18)3-5-16(23)21-13/h2-7,9H,8,10H2,1H3. The molecule has 0 atom stereocenters. The molecular weight excluding hydrogens is 336 g/mol. The predicted molar refractivity (Wildman–Crippen MR) is 88.0 cm³/mol. The van der Waals surface area contributed by atoms with Gasteiger partial charge in [-0.3, -0.25) is 14.1 Å². The molecule has 2 heterocycles. The summed E-state index contributed by atoms with van der Waals surface area (Å²) in [4.78, 5) is 18.4. The maximum Gasteiger partial charge on any atom is 0.258 e. The molecule has 0 saturated heterocycles. The van der Waals surface area contributed by atoms with Crippen LogP contribution in [0.3, 0.4) is 0 Å². The summed E-state index contributed by atoms with van der Waals surface area (Å²) in [5.74, 6) is -1.75. The molecule has 0 aliphatic carbocycles. The van der Waals surface area contributed by atoms with Crippen molar-refractivity contribution in [1.29, 1.82) is 0 Å². The van der Waals surface area contributed by atoms with Gasteiger partial charge in [-0.15, -0.1) is 0 Å². The Labute approximate surface area is 141 Å². The number of hydrogen-bond donors (Lipinski definition) is 0. The van der Waals surface area contributed by atoms with Crippen LogP contribution < -0.4 is 5.56 Å². The molecule has 0 N–H and O–H groups in total.